The Morgan fingerprint density at radius 2 is 1.19 bits per heavy atom. The third kappa shape index (κ3) is 5.65. The SMILES string of the molecule is OCC(O)(CCCCCBr)C(O)(Cc1ccccc1)Cc1ccccc1. The van der Waals surface area contributed by atoms with Crippen molar-refractivity contribution in [2.45, 2.75) is 49.7 Å². The molecule has 0 amide bonds. The number of rotatable bonds is 11. The van der Waals surface area contributed by atoms with Crippen LogP contribution in [-0.4, -0.2) is 38.5 Å². The van der Waals surface area contributed by atoms with Gasteiger partial charge in [0.2, 0.25) is 0 Å². The van der Waals surface area contributed by atoms with Crippen LogP contribution in [0.15, 0.2) is 60.7 Å². The van der Waals surface area contributed by atoms with Crippen molar-refractivity contribution in [1.82, 2.24) is 0 Å². The summed E-state index contributed by atoms with van der Waals surface area (Å²) >= 11 is 3.41. The molecule has 1 atom stereocenters. The molecule has 0 aliphatic heterocycles. The summed E-state index contributed by atoms with van der Waals surface area (Å²) in [5.74, 6) is 0. The Kier molecular flexibility index (Phi) is 8.29. The van der Waals surface area contributed by atoms with Crippen LogP contribution in [-0.2, 0) is 12.8 Å². The number of unbranched alkanes of at least 4 members (excludes halogenated alkanes) is 2. The second-order valence-electron chi connectivity index (χ2n) is 7.05. The van der Waals surface area contributed by atoms with Gasteiger partial charge in [-0.15, -0.1) is 0 Å². The first kappa shape index (κ1) is 21.1. The van der Waals surface area contributed by atoms with Crippen LogP contribution in [0.4, 0.5) is 0 Å². The molecule has 0 aliphatic rings. The van der Waals surface area contributed by atoms with E-state index in [4.69, 9.17) is 0 Å². The molecule has 0 aromatic heterocycles. The van der Waals surface area contributed by atoms with Gasteiger partial charge in [-0.2, -0.15) is 0 Å². The number of aliphatic hydroxyl groups excluding tert-OH is 1. The smallest absolute Gasteiger partial charge is 0.117 e. The van der Waals surface area contributed by atoms with Gasteiger partial charge in [0.15, 0.2) is 0 Å². The van der Waals surface area contributed by atoms with Gasteiger partial charge in [-0.3, -0.25) is 0 Å². The van der Waals surface area contributed by atoms with Crippen LogP contribution in [0.1, 0.15) is 36.8 Å². The van der Waals surface area contributed by atoms with Gasteiger partial charge in [0.25, 0.3) is 0 Å². The molecule has 0 bridgehead atoms. The van der Waals surface area contributed by atoms with Crippen molar-refractivity contribution in [2.75, 3.05) is 11.9 Å². The molecule has 26 heavy (non-hydrogen) atoms. The average molecular weight is 421 g/mol. The highest BCUT2D eigenvalue weighted by Gasteiger charge is 2.48. The molecule has 2 rings (SSSR count). The summed E-state index contributed by atoms with van der Waals surface area (Å²) in [5.41, 5.74) is -1.11. The van der Waals surface area contributed by atoms with Crippen LogP contribution in [0.2, 0.25) is 0 Å². The Morgan fingerprint density at radius 1 is 0.692 bits per heavy atom. The number of halogens is 1. The third-order valence-electron chi connectivity index (χ3n) is 5.03. The minimum Gasteiger partial charge on any atom is -0.393 e. The molecule has 0 aliphatic carbocycles. The van der Waals surface area contributed by atoms with Gasteiger partial charge in [-0.05, 0) is 24.0 Å². The molecule has 3 nitrogen and oxygen atoms in total. The van der Waals surface area contributed by atoms with Gasteiger partial charge in [0, 0.05) is 18.2 Å². The Hall–Kier alpha value is -1.20. The molecule has 0 saturated carbocycles. The molecule has 0 radical (unpaired) electrons. The highest BCUT2D eigenvalue weighted by molar-refractivity contribution is 9.09. The summed E-state index contributed by atoms with van der Waals surface area (Å²) in [4.78, 5) is 0. The number of alkyl halides is 1. The highest BCUT2D eigenvalue weighted by Crippen LogP contribution is 2.34. The Morgan fingerprint density at radius 3 is 1.62 bits per heavy atom. The number of hydrogen-bond acceptors (Lipinski definition) is 3. The topological polar surface area (TPSA) is 60.7 Å². The second kappa shape index (κ2) is 10.2. The summed E-state index contributed by atoms with van der Waals surface area (Å²) in [5, 5.41) is 33.8. The lowest BCUT2D eigenvalue weighted by Crippen LogP contribution is -2.59. The monoisotopic (exact) mass is 420 g/mol. The third-order valence-corrected chi connectivity index (χ3v) is 5.59. The van der Waals surface area contributed by atoms with Crippen LogP contribution in [0.3, 0.4) is 0 Å². The van der Waals surface area contributed by atoms with Crippen molar-refractivity contribution in [3.63, 3.8) is 0 Å². The fraction of sp³-hybridized carbons (Fsp3) is 0.455. The molecule has 0 fully saturated rings. The van der Waals surface area contributed by atoms with E-state index in [1.807, 2.05) is 60.7 Å². The van der Waals surface area contributed by atoms with Crippen molar-refractivity contribution < 1.29 is 15.3 Å². The van der Waals surface area contributed by atoms with E-state index in [1.165, 1.54) is 0 Å². The highest BCUT2D eigenvalue weighted by atomic mass is 79.9. The molecule has 0 heterocycles. The average Bonchev–Trinajstić information content (AvgIpc) is 2.66. The fourth-order valence-corrected chi connectivity index (χ4v) is 3.80. The van der Waals surface area contributed by atoms with Crippen molar-refractivity contribution in [3.8, 4) is 0 Å². The lowest BCUT2D eigenvalue weighted by Gasteiger charge is -2.43. The van der Waals surface area contributed by atoms with E-state index in [0.29, 0.717) is 6.42 Å². The lowest BCUT2D eigenvalue weighted by atomic mass is 9.72. The summed E-state index contributed by atoms with van der Waals surface area (Å²) < 4.78 is 0. The molecule has 2 aromatic rings. The molecule has 2 aromatic carbocycles. The summed E-state index contributed by atoms with van der Waals surface area (Å²) in [6.07, 6.45) is 3.66. The Balaban J connectivity index is 2.27. The van der Waals surface area contributed by atoms with Gasteiger partial charge in [-0.1, -0.05) is 89.4 Å². The number of aliphatic hydroxyl groups is 3. The standard InChI is InChI=1S/C22H29BrO3/c23-15-9-3-8-14-21(25,18-24)22(26,16-19-10-4-1-5-11-19)17-20-12-6-2-7-13-20/h1-2,4-7,10-13,24-26H,3,8-9,14-18H2. The zero-order valence-electron chi connectivity index (χ0n) is 15.1. The van der Waals surface area contributed by atoms with Crippen LogP contribution < -0.4 is 0 Å². The maximum Gasteiger partial charge on any atom is 0.117 e. The van der Waals surface area contributed by atoms with Crippen LogP contribution in [0.5, 0.6) is 0 Å². The van der Waals surface area contributed by atoms with Gasteiger partial charge in [0.05, 0.1) is 6.61 Å². The largest absolute Gasteiger partial charge is 0.393 e. The molecule has 1 unspecified atom stereocenters. The van der Waals surface area contributed by atoms with E-state index in [-0.39, 0.29) is 12.8 Å². The fourth-order valence-electron chi connectivity index (χ4n) is 3.41. The first-order valence-electron chi connectivity index (χ1n) is 9.22. The minimum atomic E-state index is -1.55. The number of hydrogen-bond donors (Lipinski definition) is 3. The van der Waals surface area contributed by atoms with E-state index >= 15 is 0 Å². The van der Waals surface area contributed by atoms with Crippen LogP contribution in [0, 0.1) is 0 Å². The lowest BCUT2D eigenvalue weighted by molar-refractivity contribution is -0.176. The predicted octanol–water partition coefficient (Wildman–Crippen LogP) is 3.88. The maximum atomic E-state index is 11.6. The quantitative estimate of drug-likeness (QED) is 0.381. The predicted molar refractivity (Wildman–Crippen MR) is 110 cm³/mol. The summed E-state index contributed by atoms with van der Waals surface area (Å²) in [7, 11) is 0. The van der Waals surface area contributed by atoms with E-state index in [0.717, 1.165) is 35.7 Å². The van der Waals surface area contributed by atoms with Crippen molar-refractivity contribution in [2.24, 2.45) is 0 Å². The van der Waals surface area contributed by atoms with Gasteiger partial charge in [-0.25, -0.2) is 0 Å². The molecule has 0 spiro atoms. The maximum absolute atomic E-state index is 11.6. The van der Waals surface area contributed by atoms with E-state index in [2.05, 4.69) is 15.9 Å². The zero-order valence-corrected chi connectivity index (χ0v) is 16.7. The summed E-state index contributed by atoms with van der Waals surface area (Å²) in [6.45, 7) is -0.461. The second-order valence-corrected chi connectivity index (χ2v) is 7.84. The van der Waals surface area contributed by atoms with Gasteiger partial charge >= 0.3 is 0 Å². The van der Waals surface area contributed by atoms with E-state index < -0.39 is 17.8 Å². The molecule has 3 N–H and O–H groups in total. The molecule has 142 valence electrons. The minimum absolute atomic E-state index is 0.290. The first-order valence-corrected chi connectivity index (χ1v) is 10.3. The van der Waals surface area contributed by atoms with Crippen LogP contribution in [0.25, 0.3) is 0 Å². The van der Waals surface area contributed by atoms with E-state index in [1.54, 1.807) is 0 Å². The molecule has 0 saturated heterocycles. The Bertz CT molecular complexity index is 591. The summed E-state index contributed by atoms with van der Waals surface area (Å²) in [6, 6.07) is 19.3. The van der Waals surface area contributed by atoms with Crippen LogP contribution >= 0.6 is 15.9 Å². The van der Waals surface area contributed by atoms with Gasteiger partial charge in [0.1, 0.15) is 11.2 Å². The van der Waals surface area contributed by atoms with E-state index in [9.17, 15) is 15.3 Å². The Labute approximate surface area is 164 Å². The molecule has 4 heteroatoms. The first-order chi connectivity index (χ1) is 12.5. The zero-order chi connectivity index (χ0) is 18.9. The van der Waals surface area contributed by atoms with Crippen molar-refractivity contribution >= 4 is 15.9 Å². The normalized spacial score (nSPS) is 14.2. The molecular weight excluding hydrogens is 392 g/mol. The van der Waals surface area contributed by atoms with Crippen molar-refractivity contribution in [3.05, 3.63) is 71.8 Å². The number of benzene rings is 2. The molecular formula is C22H29BrO3. The van der Waals surface area contributed by atoms with Crippen molar-refractivity contribution in [1.29, 1.82) is 0 Å². The van der Waals surface area contributed by atoms with Gasteiger partial charge < -0.3 is 15.3 Å².